The summed E-state index contributed by atoms with van der Waals surface area (Å²) in [4.78, 5) is 28.9. The molecule has 2 N–H and O–H groups in total. The zero-order valence-corrected chi connectivity index (χ0v) is 11.3. The molecule has 3 rings (SSSR count). The number of nitrogens with zero attached hydrogens (tertiary/aromatic N) is 2. The lowest BCUT2D eigenvalue weighted by molar-refractivity contribution is -0.141. The molecule has 0 radical (unpaired) electrons. The van der Waals surface area contributed by atoms with Crippen LogP contribution < -0.4 is 5.32 Å². The Bertz CT molecular complexity index is 696. The number of aliphatic carboxylic acids is 1. The maximum atomic E-state index is 12.2. The van der Waals surface area contributed by atoms with Gasteiger partial charge in [-0.2, -0.15) is 0 Å². The predicted octanol–water partition coefficient (Wildman–Crippen LogP) is 2.17. The Hall–Kier alpha value is -2.63. The molecule has 1 aliphatic heterocycles. The van der Waals surface area contributed by atoms with E-state index in [-0.39, 0.29) is 12.6 Å². The molecule has 1 fully saturated rings. The van der Waals surface area contributed by atoms with Crippen LogP contribution in [-0.2, 0) is 4.79 Å². The van der Waals surface area contributed by atoms with Crippen LogP contribution >= 0.6 is 0 Å². The number of likely N-dealkylation sites (tertiary alicyclic amines) is 1. The number of carboxylic acids is 1. The number of carbonyl (C=O) groups excluding carboxylic acids is 1. The van der Waals surface area contributed by atoms with Crippen molar-refractivity contribution in [2.45, 2.75) is 6.42 Å². The fourth-order valence-electron chi connectivity index (χ4n) is 2.55. The highest BCUT2D eigenvalue weighted by molar-refractivity contribution is 6.00. The predicted molar refractivity (Wildman–Crippen MR) is 78.1 cm³/mol. The van der Waals surface area contributed by atoms with Crippen molar-refractivity contribution in [3.8, 4) is 0 Å². The zero-order valence-electron chi connectivity index (χ0n) is 11.3. The van der Waals surface area contributed by atoms with Gasteiger partial charge in [0.15, 0.2) is 0 Å². The fourth-order valence-corrected chi connectivity index (χ4v) is 2.55. The van der Waals surface area contributed by atoms with Crippen molar-refractivity contribution in [1.82, 2.24) is 9.88 Å². The van der Waals surface area contributed by atoms with Gasteiger partial charge in [-0.25, -0.2) is 4.79 Å². The number of anilines is 1. The highest BCUT2D eigenvalue weighted by atomic mass is 16.4. The van der Waals surface area contributed by atoms with Crippen LogP contribution in [0.25, 0.3) is 10.9 Å². The van der Waals surface area contributed by atoms with Crippen molar-refractivity contribution in [2.75, 3.05) is 18.4 Å². The maximum absolute atomic E-state index is 12.2. The Balaban J connectivity index is 1.77. The van der Waals surface area contributed by atoms with Crippen molar-refractivity contribution in [3.05, 3.63) is 36.5 Å². The summed E-state index contributed by atoms with van der Waals surface area (Å²) in [6, 6.07) is 8.95. The van der Waals surface area contributed by atoms with Crippen LogP contribution in [0.15, 0.2) is 36.5 Å². The van der Waals surface area contributed by atoms with Crippen LogP contribution in [0.2, 0.25) is 0 Å². The number of nitrogens with one attached hydrogen (secondary N) is 1. The van der Waals surface area contributed by atoms with Crippen LogP contribution in [0.5, 0.6) is 0 Å². The molecule has 0 spiro atoms. The quantitative estimate of drug-likeness (QED) is 0.886. The van der Waals surface area contributed by atoms with Crippen LogP contribution in [-0.4, -0.2) is 40.1 Å². The molecule has 0 saturated carbocycles. The minimum atomic E-state index is -0.848. The van der Waals surface area contributed by atoms with Gasteiger partial charge in [-0.15, -0.1) is 0 Å². The summed E-state index contributed by atoms with van der Waals surface area (Å²) in [6.45, 7) is 0.718. The number of hydrogen-bond acceptors (Lipinski definition) is 3. The van der Waals surface area contributed by atoms with Gasteiger partial charge in [-0.3, -0.25) is 9.78 Å². The second-order valence-electron chi connectivity index (χ2n) is 5.08. The van der Waals surface area contributed by atoms with Gasteiger partial charge in [-0.1, -0.05) is 6.07 Å². The van der Waals surface area contributed by atoms with Crippen molar-refractivity contribution in [2.24, 2.45) is 5.92 Å². The molecule has 1 atom stereocenters. The van der Waals surface area contributed by atoms with Crippen molar-refractivity contribution in [1.29, 1.82) is 0 Å². The first-order valence-corrected chi connectivity index (χ1v) is 6.77. The Morgan fingerprint density at radius 2 is 2.14 bits per heavy atom. The molecular weight excluding hydrogens is 270 g/mol. The third-order valence-electron chi connectivity index (χ3n) is 3.71. The van der Waals surface area contributed by atoms with Gasteiger partial charge in [0.05, 0.1) is 17.1 Å². The van der Waals surface area contributed by atoms with E-state index in [1.54, 1.807) is 6.20 Å². The molecule has 2 aromatic rings. The van der Waals surface area contributed by atoms with E-state index in [4.69, 9.17) is 5.11 Å². The molecule has 1 aliphatic rings. The fraction of sp³-hybridized carbons (Fsp3) is 0.267. The summed E-state index contributed by atoms with van der Waals surface area (Å²) in [5.74, 6) is -1.32. The third-order valence-corrected chi connectivity index (χ3v) is 3.71. The Morgan fingerprint density at radius 3 is 2.90 bits per heavy atom. The Kier molecular flexibility index (Phi) is 3.43. The highest BCUT2D eigenvalue weighted by Crippen LogP contribution is 2.23. The molecule has 1 aromatic carbocycles. The van der Waals surface area contributed by atoms with Crippen LogP contribution in [0.1, 0.15) is 6.42 Å². The summed E-state index contributed by atoms with van der Waals surface area (Å²) in [5, 5.41) is 12.7. The number of aromatic nitrogens is 1. The summed E-state index contributed by atoms with van der Waals surface area (Å²) >= 11 is 0. The lowest BCUT2D eigenvalue weighted by Gasteiger charge is -2.17. The number of hydrogen-bond donors (Lipinski definition) is 2. The molecule has 1 unspecified atom stereocenters. The van der Waals surface area contributed by atoms with E-state index < -0.39 is 11.9 Å². The average molecular weight is 285 g/mol. The number of pyridine rings is 1. The van der Waals surface area contributed by atoms with Gasteiger partial charge in [0.1, 0.15) is 0 Å². The Labute approximate surface area is 121 Å². The number of amides is 2. The lowest BCUT2D eigenvalue weighted by Crippen LogP contribution is -2.33. The summed E-state index contributed by atoms with van der Waals surface area (Å²) in [5.41, 5.74) is 1.49. The maximum Gasteiger partial charge on any atom is 0.321 e. The summed E-state index contributed by atoms with van der Waals surface area (Å²) in [6.07, 6.45) is 2.20. The molecule has 0 bridgehead atoms. The number of fused-ring (bicyclic) bond motifs is 1. The minimum Gasteiger partial charge on any atom is -0.481 e. The lowest BCUT2D eigenvalue weighted by atomic mass is 10.1. The molecule has 6 nitrogen and oxygen atoms in total. The van der Waals surface area contributed by atoms with Gasteiger partial charge in [0.2, 0.25) is 0 Å². The normalized spacial score (nSPS) is 17.9. The zero-order chi connectivity index (χ0) is 14.8. The van der Waals surface area contributed by atoms with E-state index in [0.29, 0.717) is 18.7 Å². The molecule has 6 heteroatoms. The molecule has 21 heavy (non-hydrogen) atoms. The number of rotatable bonds is 2. The smallest absolute Gasteiger partial charge is 0.321 e. The number of urea groups is 1. The molecule has 0 aliphatic carbocycles. The molecule has 2 amide bonds. The first-order valence-electron chi connectivity index (χ1n) is 6.77. The van der Waals surface area contributed by atoms with E-state index in [9.17, 15) is 9.59 Å². The van der Waals surface area contributed by atoms with Crippen molar-refractivity contribution >= 4 is 28.6 Å². The molecular formula is C15H15N3O3. The van der Waals surface area contributed by atoms with Gasteiger partial charge in [0.25, 0.3) is 0 Å². The van der Waals surface area contributed by atoms with Crippen LogP contribution in [0.4, 0.5) is 10.5 Å². The average Bonchev–Trinajstić information content (AvgIpc) is 2.98. The molecule has 2 heterocycles. The van der Waals surface area contributed by atoms with E-state index >= 15 is 0 Å². The van der Waals surface area contributed by atoms with Crippen LogP contribution in [0.3, 0.4) is 0 Å². The summed E-state index contributed by atoms with van der Waals surface area (Å²) in [7, 11) is 0. The highest BCUT2D eigenvalue weighted by Gasteiger charge is 2.30. The van der Waals surface area contributed by atoms with E-state index in [1.807, 2.05) is 30.3 Å². The van der Waals surface area contributed by atoms with Gasteiger partial charge in [-0.05, 0) is 30.7 Å². The van der Waals surface area contributed by atoms with E-state index in [2.05, 4.69) is 10.3 Å². The largest absolute Gasteiger partial charge is 0.481 e. The second kappa shape index (κ2) is 5.40. The molecule has 1 saturated heterocycles. The first-order chi connectivity index (χ1) is 10.1. The SMILES string of the molecule is O=C(O)C1CCN(C(=O)Nc2cccc3ncccc23)C1. The van der Waals surface area contributed by atoms with Gasteiger partial charge >= 0.3 is 12.0 Å². The standard InChI is InChI=1S/C15H15N3O3/c19-14(20)10-6-8-18(9-10)15(21)17-13-5-1-4-12-11(13)3-2-7-16-12/h1-5,7,10H,6,8-9H2,(H,17,21)(H,19,20). The van der Waals surface area contributed by atoms with E-state index in [1.165, 1.54) is 4.90 Å². The number of benzene rings is 1. The van der Waals surface area contributed by atoms with Crippen molar-refractivity contribution in [3.63, 3.8) is 0 Å². The second-order valence-corrected chi connectivity index (χ2v) is 5.08. The number of carboxylic acid groups (broad SMARTS) is 1. The van der Waals surface area contributed by atoms with Gasteiger partial charge < -0.3 is 15.3 Å². The first kappa shape index (κ1) is 13.4. The van der Waals surface area contributed by atoms with Crippen LogP contribution in [0, 0.1) is 5.92 Å². The molecule has 1 aromatic heterocycles. The Morgan fingerprint density at radius 1 is 1.29 bits per heavy atom. The van der Waals surface area contributed by atoms with Crippen molar-refractivity contribution < 1.29 is 14.7 Å². The monoisotopic (exact) mass is 285 g/mol. The third kappa shape index (κ3) is 2.65. The minimum absolute atomic E-state index is 0.254. The topological polar surface area (TPSA) is 82.5 Å². The molecule has 108 valence electrons. The summed E-state index contributed by atoms with van der Waals surface area (Å²) < 4.78 is 0. The van der Waals surface area contributed by atoms with Gasteiger partial charge in [0, 0.05) is 24.7 Å². The number of carbonyl (C=O) groups is 2. The van der Waals surface area contributed by atoms with E-state index in [0.717, 1.165) is 10.9 Å².